The second kappa shape index (κ2) is 8.07. The number of hydrogen-bond acceptors (Lipinski definition) is 6. The van der Waals surface area contributed by atoms with Crippen molar-refractivity contribution in [2.24, 2.45) is 0 Å². The standard InChI is InChI=1S/C19H20F2N6O2S/c1-14-22-4-5-27(14)19-11-18(23-13-24-19)25-6-8-26(9-7-25)30(28,29)12-15-10-16(20)2-3-17(15)21/h2-5,10-11,13H,6-9,12H2,1H3. The molecule has 11 heteroatoms. The van der Waals surface area contributed by atoms with Crippen molar-refractivity contribution >= 4 is 15.8 Å². The monoisotopic (exact) mass is 434 g/mol. The number of sulfonamides is 1. The average molecular weight is 434 g/mol. The number of rotatable bonds is 5. The van der Waals surface area contributed by atoms with E-state index in [1.165, 1.54) is 10.6 Å². The highest BCUT2D eigenvalue weighted by Gasteiger charge is 2.28. The molecule has 0 radical (unpaired) electrons. The summed E-state index contributed by atoms with van der Waals surface area (Å²) in [6.45, 7) is 3.16. The van der Waals surface area contributed by atoms with Gasteiger partial charge in [-0.3, -0.25) is 4.57 Å². The summed E-state index contributed by atoms with van der Waals surface area (Å²) in [5.41, 5.74) is -0.173. The summed E-state index contributed by atoms with van der Waals surface area (Å²) in [5.74, 6) is 0.169. The topological polar surface area (TPSA) is 84.2 Å². The summed E-state index contributed by atoms with van der Waals surface area (Å²) in [5, 5.41) is 0. The fourth-order valence-electron chi connectivity index (χ4n) is 3.40. The van der Waals surface area contributed by atoms with Crippen molar-refractivity contribution in [1.82, 2.24) is 23.8 Å². The molecule has 1 saturated heterocycles. The van der Waals surface area contributed by atoms with Crippen LogP contribution in [-0.2, 0) is 15.8 Å². The van der Waals surface area contributed by atoms with E-state index in [4.69, 9.17) is 0 Å². The smallest absolute Gasteiger partial charge is 0.218 e. The van der Waals surface area contributed by atoms with Gasteiger partial charge in [-0.15, -0.1) is 0 Å². The number of hydrogen-bond donors (Lipinski definition) is 0. The predicted molar refractivity (Wildman–Crippen MR) is 107 cm³/mol. The Hall–Kier alpha value is -2.92. The highest BCUT2D eigenvalue weighted by molar-refractivity contribution is 7.88. The number of aromatic nitrogens is 4. The Bertz CT molecular complexity index is 1160. The van der Waals surface area contributed by atoms with Crippen LogP contribution < -0.4 is 4.90 Å². The molecular formula is C19H20F2N6O2S. The Kier molecular flexibility index (Phi) is 5.48. The molecule has 0 saturated carbocycles. The van der Waals surface area contributed by atoms with Gasteiger partial charge < -0.3 is 4.90 Å². The predicted octanol–water partition coefficient (Wildman–Crippen LogP) is 1.90. The maximum Gasteiger partial charge on any atom is 0.218 e. The minimum Gasteiger partial charge on any atom is -0.354 e. The summed E-state index contributed by atoms with van der Waals surface area (Å²) in [7, 11) is -3.78. The van der Waals surface area contributed by atoms with Crippen LogP contribution in [0.15, 0.2) is 43.0 Å². The first-order valence-corrected chi connectivity index (χ1v) is 10.9. The Morgan fingerprint density at radius 2 is 1.73 bits per heavy atom. The zero-order valence-electron chi connectivity index (χ0n) is 16.2. The Morgan fingerprint density at radius 1 is 1.00 bits per heavy atom. The summed E-state index contributed by atoms with van der Waals surface area (Å²) in [4.78, 5) is 14.7. The first-order chi connectivity index (χ1) is 14.3. The summed E-state index contributed by atoms with van der Waals surface area (Å²) in [6.07, 6.45) is 4.94. The van der Waals surface area contributed by atoms with Crippen molar-refractivity contribution < 1.29 is 17.2 Å². The van der Waals surface area contributed by atoms with Crippen LogP contribution in [0.25, 0.3) is 5.82 Å². The summed E-state index contributed by atoms with van der Waals surface area (Å²) in [6, 6.07) is 4.64. The van der Waals surface area contributed by atoms with Crippen LogP contribution in [0.5, 0.6) is 0 Å². The van der Waals surface area contributed by atoms with Gasteiger partial charge in [-0.25, -0.2) is 32.2 Å². The lowest BCUT2D eigenvalue weighted by atomic mass is 10.2. The number of piperazine rings is 1. The van der Waals surface area contributed by atoms with E-state index in [0.29, 0.717) is 24.7 Å². The highest BCUT2D eigenvalue weighted by Crippen LogP contribution is 2.20. The second-order valence-corrected chi connectivity index (χ2v) is 8.93. The molecule has 4 rings (SSSR count). The zero-order chi connectivity index (χ0) is 21.3. The largest absolute Gasteiger partial charge is 0.354 e. The summed E-state index contributed by atoms with van der Waals surface area (Å²) < 4.78 is 55.7. The second-order valence-electron chi connectivity index (χ2n) is 6.96. The number of benzene rings is 1. The van der Waals surface area contributed by atoms with Crippen LogP contribution in [0.3, 0.4) is 0 Å². The molecule has 0 atom stereocenters. The highest BCUT2D eigenvalue weighted by atomic mass is 32.2. The van der Waals surface area contributed by atoms with Crippen LogP contribution in [0, 0.1) is 18.6 Å². The van der Waals surface area contributed by atoms with E-state index >= 15 is 0 Å². The minimum absolute atomic E-state index is 0.173. The SMILES string of the molecule is Cc1nccn1-c1cc(N2CCN(S(=O)(=O)Cc3cc(F)ccc3F)CC2)ncn1. The molecule has 1 aliphatic heterocycles. The van der Waals surface area contributed by atoms with E-state index < -0.39 is 27.4 Å². The maximum atomic E-state index is 13.9. The van der Waals surface area contributed by atoms with Gasteiger partial charge >= 0.3 is 0 Å². The van der Waals surface area contributed by atoms with Gasteiger partial charge in [-0.1, -0.05) is 0 Å². The van der Waals surface area contributed by atoms with Crippen LogP contribution in [-0.4, -0.2) is 58.4 Å². The van der Waals surface area contributed by atoms with Crippen LogP contribution >= 0.6 is 0 Å². The third-order valence-corrected chi connectivity index (χ3v) is 6.84. The van der Waals surface area contributed by atoms with Crippen molar-refractivity contribution in [2.75, 3.05) is 31.1 Å². The molecule has 1 aliphatic rings. The van der Waals surface area contributed by atoms with Gasteiger partial charge in [0.2, 0.25) is 10.0 Å². The fraction of sp³-hybridized carbons (Fsp3) is 0.316. The first kappa shape index (κ1) is 20.4. The van der Waals surface area contributed by atoms with Crippen LogP contribution in [0.4, 0.5) is 14.6 Å². The lowest BCUT2D eigenvalue weighted by Crippen LogP contribution is -2.49. The molecule has 1 aromatic carbocycles. The molecule has 2 aromatic heterocycles. The molecule has 0 bridgehead atoms. The Balaban J connectivity index is 1.45. The average Bonchev–Trinajstić information content (AvgIpc) is 3.17. The lowest BCUT2D eigenvalue weighted by Gasteiger charge is -2.34. The number of halogens is 2. The van der Waals surface area contributed by atoms with Gasteiger partial charge in [0.05, 0.1) is 5.75 Å². The number of nitrogens with zero attached hydrogens (tertiary/aromatic N) is 6. The van der Waals surface area contributed by atoms with Crippen molar-refractivity contribution in [3.8, 4) is 5.82 Å². The van der Waals surface area contributed by atoms with Gasteiger partial charge in [0.25, 0.3) is 0 Å². The molecule has 3 heterocycles. The molecule has 0 N–H and O–H groups in total. The molecule has 3 aromatic rings. The van der Waals surface area contributed by atoms with Gasteiger partial charge in [0.15, 0.2) is 0 Å². The van der Waals surface area contributed by atoms with Crippen molar-refractivity contribution in [2.45, 2.75) is 12.7 Å². The van der Waals surface area contributed by atoms with Gasteiger partial charge in [0.1, 0.15) is 35.4 Å². The fourth-order valence-corrected chi connectivity index (χ4v) is 4.92. The van der Waals surface area contributed by atoms with E-state index in [1.54, 1.807) is 12.4 Å². The molecule has 8 nitrogen and oxygen atoms in total. The van der Waals surface area contributed by atoms with Gasteiger partial charge in [-0.05, 0) is 25.1 Å². The van der Waals surface area contributed by atoms with Crippen LogP contribution in [0.2, 0.25) is 0 Å². The number of anilines is 1. The molecule has 1 fully saturated rings. The maximum absolute atomic E-state index is 13.9. The molecule has 0 amide bonds. The summed E-state index contributed by atoms with van der Waals surface area (Å²) >= 11 is 0. The van der Waals surface area contributed by atoms with E-state index in [0.717, 1.165) is 24.0 Å². The number of imidazole rings is 1. The Morgan fingerprint density at radius 3 is 2.43 bits per heavy atom. The third kappa shape index (κ3) is 4.17. The molecular weight excluding hydrogens is 414 g/mol. The molecule has 0 unspecified atom stereocenters. The van der Waals surface area contributed by atoms with Crippen LogP contribution in [0.1, 0.15) is 11.4 Å². The minimum atomic E-state index is -3.78. The molecule has 0 aliphatic carbocycles. The molecule has 158 valence electrons. The lowest BCUT2D eigenvalue weighted by molar-refractivity contribution is 0.382. The van der Waals surface area contributed by atoms with E-state index in [9.17, 15) is 17.2 Å². The van der Waals surface area contributed by atoms with Crippen molar-refractivity contribution in [3.63, 3.8) is 0 Å². The third-order valence-electron chi connectivity index (χ3n) is 5.01. The quantitative estimate of drug-likeness (QED) is 0.610. The van der Waals surface area contributed by atoms with Gasteiger partial charge in [0, 0.05) is 50.2 Å². The Labute approximate surface area is 172 Å². The van der Waals surface area contributed by atoms with Crippen molar-refractivity contribution in [1.29, 1.82) is 0 Å². The van der Waals surface area contributed by atoms with Gasteiger partial charge in [-0.2, -0.15) is 4.31 Å². The molecule has 0 spiro atoms. The normalized spacial score (nSPS) is 15.5. The number of aryl methyl sites for hydroxylation is 1. The first-order valence-electron chi connectivity index (χ1n) is 9.32. The van der Waals surface area contributed by atoms with E-state index in [-0.39, 0.29) is 18.7 Å². The van der Waals surface area contributed by atoms with Crippen molar-refractivity contribution in [3.05, 3.63) is 66.0 Å². The molecule has 30 heavy (non-hydrogen) atoms. The van der Waals surface area contributed by atoms with E-state index in [2.05, 4.69) is 15.0 Å². The van der Waals surface area contributed by atoms with E-state index in [1.807, 2.05) is 22.5 Å². The zero-order valence-corrected chi connectivity index (χ0v) is 17.1.